The van der Waals surface area contributed by atoms with Gasteiger partial charge in [-0.3, -0.25) is 0 Å². The quantitative estimate of drug-likeness (QED) is 0.400. The van der Waals surface area contributed by atoms with E-state index in [2.05, 4.69) is 13.8 Å². The third-order valence-electron chi connectivity index (χ3n) is 0.500. The molecule has 0 rings (SSSR count). The van der Waals surface area contributed by atoms with Crippen molar-refractivity contribution in [2.75, 3.05) is 0 Å². The molecule has 0 heterocycles. The minimum Gasteiger partial charge on any atom is -0.343 e. The first-order valence-electron chi connectivity index (χ1n) is 2.00. The summed E-state index contributed by atoms with van der Waals surface area (Å²) in [5.41, 5.74) is 0. The third kappa shape index (κ3) is 8.82. The molecule has 0 bridgehead atoms. The van der Waals surface area contributed by atoms with Gasteiger partial charge in [-0.1, -0.05) is 0 Å². The molecule has 0 saturated carbocycles. The molecule has 6 heavy (non-hydrogen) atoms. The molecule has 0 atom stereocenters. The third-order valence-corrected chi connectivity index (χ3v) is 0.500. The molecule has 0 aromatic heterocycles. The van der Waals surface area contributed by atoms with Crippen LogP contribution < -0.4 is 0 Å². The second-order valence-corrected chi connectivity index (χ2v) is 1.06. The molecule has 0 aliphatic carbocycles. The average Bonchev–Trinajstić information content (AvgIpc) is 1.41. The molecule has 32 valence electrons. The summed E-state index contributed by atoms with van der Waals surface area (Å²) < 4.78 is 0. The van der Waals surface area contributed by atoms with Gasteiger partial charge in [-0.15, -0.1) is 6.42 Å². The first-order valence-corrected chi connectivity index (χ1v) is 2.00. The van der Waals surface area contributed by atoms with Crippen molar-refractivity contribution in [1.29, 1.82) is 0 Å². The van der Waals surface area contributed by atoms with E-state index >= 15 is 0 Å². The van der Waals surface area contributed by atoms with Crippen LogP contribution >= 0.6 is 0 Å². The van der Waals surface area contributed by atoms with Gasteiger partial charge >= 0.3 is 19.5 Å². The minimum atomic E-state index is 0. The van der Waals surface area contributed by atoms with Crippen molar-refractivity contribution in [3.8, 4) is 0 Å². The molecule has 1 heteroatoms. The van der Waals surface area contributed by atoms with Crippen LogP contribution in [0, 0.1) is 13.8 Å². The average molecular weight is 136 g/mol. The summed E-state index contributed by atoms with van der Waals surface area (Å²) in [7, 11) is 0. The minimum absolute atomic E-state index is 0. The molecule has 0 amide bonds. The molecule has 0 saturated heterocycles. The van der Waals surface area contributed by atoms with Crippen molar-refractivity contribution in [2.24, 2.45) is 0 Å². The second kappa shape index (κ2) is 9.16. The van der Waals surface area contributed by atoms with Crippen molar-refractivity contribution in [3.63, 3.8) is 0 Å². The van der Waals surface area contributed by atoms with Crippen molar-refractivity contribution < 1.29 is 19.5 Å². The number of hydrogen-bond acceptors (Lipinski definition) is 0. The molecule has 0 aromatic rings. The van der Waals surface area contributed by atoms with Crippen LogP contribution in [-0.2, 0) is 19.5 Å². The molecular formula is C5H10Zn. The van der Waals surface area contributed by atoms with Gasteiger partial charge in [0.25, 0.3) is 0 Å². The van der Waals surface area contributed by atoms with Crippen molar-refractivity contribution in [1.82, 2.24) is 0 Å². The van der Waals surface area contributed by atoms with Crippen molar-refractivity contribution in [3.05, 3.63) is 13.8 Å². The van der Waals surface area contributed by atoms with E-state index in [-0.39, 0.29) is 19.5 Å². The van der Waals surface area contributed by atoms with Gasteiger partial charge in [0.1, 0.15) is 0 Å². The van der Waals surface area contributed by atoms with Crippen LogP contribution in [0.4, 0.5) is 0 Å². The molecule has 0 unspecified atom stereocenters. The van der Waals surface area contributed by atoms with E-state index in [1.165, 1.54) is 6.42 Å². The summed E-state index contributed by atoms with van der Waals surface area (Å²) in [6.45, 7) is 7.27. The maximum atomic E-state index is 3.64. The fourth-order valence-electron chi connectivity index (χ4n) is 0.177. The summed E-state index contributed by atoms with van der Waals surface area (Å²) >= 11 is 0. The Morgan fingerprint density at radius 3 is 1.33 bits per heavy atom. The molecule has 0 aromatic carbocycles. The molecule has 0 spiro atoms. The van der Waals surface area contributed by atoms with Crippen LogP contribution in [0.3, 0.4) is 0 Å². The van der Waals surface area contributed by atoms with Crippen LogP contribution in [0.15, 0.2) is 0 Å². The second-order valence-electron chi connectivity index (χ2n) is 1.06. The number of unbranched alkanes of at least 4 members (excludes halogenated alkanes) is 2. The predicted molar refractivity (Wildman–Crippen MR) is 24.6 cm³/mol. The zero-order chi connectivity index (χ0) is 4.12. The Balaban J connectivity index is 0. The van der Waals surface area contributed by atoms with Crippen LogP contribution in [0.2, 0.25) is 0 Å². The van der Waals surface area contributed by atoms with Crippen molar-refractivity contribution >= 4 is 0 Å². The van der Waals surface area contributed by atoms with Gasteiger partial charge in [0, 0.05) is 0 Å². The summed E-state index contributed by atoms with van der Waals surface area (Å²) in [5.74, 6) is 0. The molecular weight excluding hydrogens is 125 g/mol. The smallest absolute Gasteiger partial charge is 0.343 e. The Bertz CT molecular complexity index is 11.4. The van der Waals surface area contributed by atoms with Gasteiger partial charge < -0.3 is 13.8 Å². The Morgan fingerprint density at radius 1 is 1.00 bits per heavy atom. The molecule has 0 fully saturated rings. The van der Waals surface area contributed by atoms with Gasteiger partial charge in [-0.2, -0.15) is 12.8 Å². The van der Waals surface area contributed by atoms with E-state index < -0.39 is 0 Å². The zero-order valence-corrected chi connectivity index (χ0v) is 7.21. The molecule has 0 radical (unpaired) electrons. The molecule has 0 N–H and O–H groups in total. The fraction of sp³-hybridized carbons (Fsp3) is 0.600. The van der Waals surface area contributed by atoms with Gasteiger partial charge in [0.2, 0.25) is 0 Å². The summed E-state index contributed by atoms with van der Waals surface area (Å²) in [5, 5.41) is 0. The Hall–Kier alpha value is 0.623. The molecule has 0 nitrogen and oxygen atoms in total. The largest absolute Gasteiger partial charge is 2.00 e. The standard InChI is InChI=1S/C5H10.Zn/c1-3-5-4-2;/h1-5H2;/q-2;+2. The fourth-order valence-corrected chi connectivity index (χ4v) is 0.177. The topological polar surface area (TPSA) is 0 Å². The Morgan fingerprint density at radius 2 is 1.33 bits per heavy atom. The summed E-state index contributed by atoms with van der Waals surface area (Å²) in [4.78, 5) is 0. The van der Waals surface area contributed by atoms with E-state index in [1.807, 2.05) is 0 Å². The van der Waals surface area contributed by atoms with E-state index in [4.69, 9.17) is 0 Å². The zero-order valence-electron chi connectivity index (χ0n) is 4.24. The van der Waals surface area contributed by atoms with E-state index in [0.717, 1.165) is 12.8 Å². The maximum Gasteiger partial charge on any atom is 2.00 e. The molecule has 0 aliphatic rings. The first kappa shape index (κ1) is 9.80. The number of rotatable bonds is 2. The van der Waals surface area contributed by atoms with Gasteiger partial charge in [0.05, 0.1) is 0 Å². The van der Waals surface area contributed by atoms with Gasteiger partial charge in [0.15, 0.2) is 0 Å². The van der Waals surface area contributed by atoms with E-state index in [9.17, 15) is 0 Å². The van der Waals surface area contributed by atoms with E-state index in [0.29, 0.717) is 0 Å². The summed E-state index contributed by atoms with van der Waals surface area (Å²) in [6, 6.07) is 0. The molecule has 0 aliphatic heterocycles. The SMILES string of the molecule is [CH2-]CCC[CH2-].[Zn+2]. The van der Waals surface area contributed by atoms with Crippen LogP contribution in [0.5, 0.6) is 0 Å². The first-order chi connectivity index (χ1) is 2.41. The van der Waals surface area contributed by atoms with E-state index in [1.54, 1.807) is 0 Å². The normalized spacial score (nSPS) is 7.00. The Labute approximate surface area is 53.1 Å². The van der Waals surface area contributed by atoms with Crippen molar-refractivity contribution in [2.45, 2.75) is 19.3 Å². The van der Waals surface area contributed by atoms with Gasteiger partial charge in [-0.05, 0) is 0 Å². The Kier molecular flexibility index (Phi) is 15.0. The predicted octanol–water partition coefficient (Wildman–Crippen LogP) is 1.82. The van der Waals surface area contributed by atoms with Gasteiger partial charge in [-0.25, -0.2) is 0 Å². The van der Waals surface area contributed by atoms with Crippen LogP contribution in [0.1, 0.15) is 19.3 Å². The van der Waals surface area contributed by atoms with Crippen LogP contribution in [0.25, 0.3) is 0 Å². The number of hydrogen-bond donors (Lipinski definition) is 0. The maximum absolute atomic E-state index is 3.64. The summed E-state index contributed by atoms with van der Waals surface area (Å²) in [6.07, 6.45) is 3.23. The van der Waals surface area contributed by atoms with Crippen LogP contribution in [-0.4, -0.2) is 0 Å². The monoisotopic (exact) mass is 134 g/mol.